The van der Waals surface area contributed by atoms with E-state index in [2.05, 4.69) is 13.8 Å². The summed E-state index contributed by atoms with van der Waals surface area (Å²) in [6.45, 7) is 4.26. The number of hydrogen-bond acceptors (Lipinski definition) is 1. The van der Waals surface area contributed by atoms with Gasteiger partial charge in [0, 0.05) is 5.56 Å². The second-order valence-corrected chi connectivity index (χ2v) is 4.78. The predicted molar refractivity (Wildman–Crippen MR) is 70.1 cm³/mol. The van der Waals surface area contributed by atoms with Gasteiger partial charge in [0.25, 0.3) is 0 Å². The highest BCUT2D eigenvalue weighted by molar-refractivity contribution is 5.45. The highest BCUT2D eigenvalue weighted by Gasteiger charge is 2.20. The molecule has 1 aromatic rings. The lowest BCUT2D eigenvalue weighted by molar-refractivity contribution is 0.412. The highest BCUT2D eigenvalue weighted by atomic mass is 16.3. The Kier molecular flexibility index (Phi) is 4.40. The van der Waals surface area contributed by atoms with Crippen LogP contribution in [0.25, 0.3) is 0 Å². The van der Waals surface area contributed by atoms with Crippen molar-refractivity contribution in [3.63, 3.8) is 0 Å². The number of aromatic hydroxyl groups is 1. The molecule has 16 heavy (non-hydrogen) atoms. The predicted octanol–water partition coefficient (Wildman–Crippen LogP) is 4.69. The average Bonchev–Trinajstić information content (AvgIpc) is 2.26. The Morgan fingerprint density at radius 3 is 2.31 bits per heavy atom. The highest BCUT2D eigenvalue weighted by Crippen LogP contribution is 2.39. The lowest BCUT2D eigenvalue weighted by atomic mass is 9.81. The summed E-state index contributed by atoms with van der Waals surface area (Å²) in [4.78, 5) is 0. The Labute approximate surface area is 99.5 Å². The van der Waals surface area contributed by atoms with Crippen molar-refractivity contribution in [3.8, 4) is 5.75 Å². The van der Waals surface area contributed by atoms with Crippen LogP contribution in [0.3, 0.4) is 0 Å². The van der Waals surface area contributed by atoms with Gasteiger partial charge in [-0.25, -0.2) is 0 Å². The number of rotatable bonds is 1. The maximum Gasteiger partial charge on any atom is 0.119 e. The molecule has 0 aliphatic heterocycles. The molecular formula is C15H24O. The minimum absolute atomic E-state index is 0. The Balaban J connectivity index is 0.00000128. The topological polar surface area (TPSA) is 20.2 Å². The number of benzene rings is 1. The van der Waals surface area contributed by atoms with Crippen LogP contribution in [0.4, 0.5) is 0 Å². The molecular weight excluding hydrogens is 196 g/mol. The molecule has 0 amide bonds. The van der Waals surface area contributed by atoms with Crippen molar-refractivity contribution < 1.29 is 5.11 Å². The summed E-state index contributed by atoms with van der Waals surface area (Å²) >= 11 is 0. The largest absolute Gasteiger partial charge is 0.508 e. The average molecular weight is 220 g/mol. The van der Waals surface area contributed by atoms with E-state index < -0.39 is 0 Å². The monoisotopic (exact) mass is 220 g/mol. The van der Waals surface area contributed by atoms with Gasteiger partial charge in [0.05, 0.1) is 0 Å². The van der Waals surface area contributed by atoms with E-state index in [1.54, 1.807) is 0 Å². The van der Waals surface area contributed by atoms with Crippen molar-refractivity contribution >= 4 is 0 Å². The van der Waals surface area contributed by atoms with E-state index in [-0.39, 0.29) is 7.43 Å². The van der Waals surface area contributed by atoms with E-state index >= 15 is 0 Å². The van der Waals surface area contributed by atoms with Gasteiger partial charge in [-0.3, -0.25) is 0 Å². The zero-order valence-electron chi connectivity index (χ0n) is 9.71. The zero-order valence-corrected chi connectivity index (χ0v) is 9.71. The standard InChI is InChI=1S/C14H20O.CH4/c1-10-8-9-13(15)14(11(10)2)12-6-4-3-5-7-12;/h8-9,12,15H,3-7H2,1-2H3;1H4. The van der Waals surface area contributed by atoms with Gasteiger partial charge in [-0.1, -0.05) is 32.8 Å². The number of aryl methyl sites for hydroxylation is 1. The molecule has 2 rings (SSSR count). The smallest absolute Gasteiger partial charge is 0.119 e. The first kappa shape index (κ1) is 13.1. The molecule has 0 bridgehead atoms. The van der Waals surface area contributed by atoms with Crippen LogP contribution < -0.4 is 0 Å². The summed E-state index contributed by atoms with van der Waals surface area (Å²) in [5.41, 5.74) is 3.81. The van der Waals surface area contributed by atoms with E-state index in [1.165, 1.54) is 48.8 Å². The third-order valence-corrected chi connectivity index (χ3v) is 3.78. The van der Waals surface area contributed by atoms with Crippen molar-refractivity contribution in [2.75, 3.05) is 0 Å². The molecule has 1 saturated carbocycles. The fraction of sp³-hybridized carbons (Fsp3) is 0.600. The first-order valence-corrected chi connectivity index (χ1v) is 5.99. The molecule has 0 heterocycles. The molecule has 1 N–H and O–H groups in total. The van der Waals surface area contributed by atoms with Crippen LogP contribution in [0.2, 0.25) is 0 Å². The van der Waals surface area contributed by atoms with E-state index in [4.69, 9.17) is 0 Å². The van der Waals surface area contributed by atoms with Crippen LogP contribution in [-0.2, 0) is 0 Å². The van der Waals surface area contributed by atoms with Gasteiger partial charge in [0.2, 0.25) is 0 Å². The summed E-state index contributed by atoms with van der Waals surface area (Å²) in [5.74, 6) is 1.10. The number of phenolic OH excluding ortho intramolecular Hbond substituents is 1. The first-order chi connectivity index (χ1) is 7.20. The van der Waals surface area contributed by atoms with Crippen molar-refractivity contribution in [3.05, 3.63) is 28.8 Å². The third-order valence-electron chi connectivity index (χ3n) is 3.78. The molecule has 0 atom stereocenters. The minimum atomic E-state index is 0. The third kappa shape index (κ3) is 2.40. The van der Waals surface area contributed by atoms with Crippen LogP contribution in [0.5, 0.6) is 5.75 Å². The Hall–Kier alpha value is -0.980. The molecule has 1 fully saturated rings. The number of hydrogen-bond donors (Lipinski definition) is 1. The molecule has 1 nitrogen and oxygen atoms in total. The molecule has 1 aliphatic carbocycles. The van der Waals surface area contributed by atoms with Crippen LogP contribution in [0, 0.1) is 13.8 Å². The van der Waals surface area contributed by atoms with Gasteiger partial charge in [-0.15, -0.1) is 0 Å². The maximum absolute atomic E-state index is 9.97. The Morgan fingerprint density at radius 2 is 1.69 bits per heavy atom. The van der Waals surface area contributed by atoms with Gasteiger partial charge in [0.1, 0.15) is 5.75 Å². The molecule has 1 aliphatic rings. The molecule has 1 heteroatoms. The van der Waals surface area contributed by atoms with E-state index in [0.717, 1.165) is 0 Å². The minimum Gasteiger partial charge on any atom is -0.508 e. The molecule has 0 aromatic heterocycles. The van der Waals surface area contributed by atoms with Crippen LogP contribution in [-0.4, -0.2) is 5.11 Å². The molecule has 90 valence electrons. The SMILES string of the molecule is C.Cc1ccc(O)c(C2CCCCC2)c1C. The summed E-state index contributed by atoms with van der Waals surface area (Å²) < 4.78 is 0. The summed E-state index contributed by atoms with van der Waals surface area (Å²) in [7, 11) is 0. The van der Waals surface area contributed by atoms with Crippen molar-refractivity contribution in [2.24, 2.45) is 0 Å². The normalized spacial score (nSPS) is 16.9. The van der Waals surface area contributed by atoms with Crippen molar-refractivity contribution in [2.45, 2.75) is 59.3 Å². The van der Waals surface area contributed by atoms with Gasteiger partial charge >= 0.3 is 0 Å². The molecule has 0 radical (unpaired) electrons. The van der Waals surface area contributed by atoms with Crippen LogP contribution in [0.1, 0.15) is 62.1 Å². The van der Waals surface area contributed by atoms with E-state index in [1.807, 2.05) is 12.1 Å². The first-order valence-electron chi connectivity index (χ1n) is 5.99. The van der Waals surface area contributed by atoms with Gasteiger partial charge in [0.15, 0.2) is 0 Å². The lowest BCUT2D eigenvalue weighted by Crippen LogP contribution is -2.07. The molecule has 0 unspecified atom stereocenters. The van der Waals surface area contributed by atoms with E-state index in [0.29, 0.717) is 11.7 Å². The fourth-order valence-corrected chi connectivity index (χ4v) is 2.73. The second-order valence-electron chi connectivity index (χ2n) is 4.78. The number of phenols is 1. The van der Waals surface area contributed by atoms with Gasteiger partial charge < -0.3 is 5.11 Å². The summed E-state index contributed by atoms with van der Waals surface area (Å²) in [6.07, 6.45) is 6.49. The molecule has 0 spiro atoms. The Bertz CT molecular complexity index is 349. The van der Waals surface area contributed by atoms with Crippen LogP contribution in [0.15, 0.2) is 12.1 Å². The lowest BCUT2D eigenvalue weighted by Gasteiger charge is -2.25. The maximum atomic E-state index is 9.97. The van der Waals surface area contributed by atoms with Gasteiger partial charge in [-0.05, 0) is 49.8 Å². The molecule has 0 saturated heterocycles. The summed E-state index contributed by atoms with van der Waals surface area (Å²) in [6, 6.07) is 3.86. The molecule has 1 aromatic carbocycles. The second kappa shape index (κ2) is 5.38. The van der Waals surface area contributed by atoms with Gasteiger partial charge in [-0.2, -0.15) is 0 Å². The zero-order chi connectivity index (χ0) is 10.8. The van der Waals surface area contributed by atoms with Crippen molar-refractivity contribution in [1.82, 2.24) is 0 Å². The van der Waals surface area contributed by atoms with Crippen LogP contribution >= 0.6 is 0 Å². The van der Waals surface area contributed by atoms with Crippen molar-refractivity contribution in [1.29, 1.82) is 0 Å². The van der Waals surface area contributed by atoms with E-state index in [9.17, 15) is 5.11 Å². The fourth-order valence-electron chi connectivity index (χ4n) is 2.73. The quantitative estimate of drug-likeness (QED) is 0.727. The Morgan fingerprint density at radius 1 is 1.06 bits per heavy atom. The summed E-state index contributed by atoms with van der Waals surface area (Å²) in [5, 5.41) is 9.97.